The van der Waals surface area contributed by atoms with Crippen molar-refractivity contribution >= 4 is 11.0 Å². The molecule has 3 nitrogen and oxygen atoms in total. The number of aryl methyl sites for hydroxylation is 1. The van der Waals surface area contributed by atoms with Gasteiger partial charge in [0, 0.05) is 0 Å². The van der Waals surface area contributed by atoms with Crippen molar-refractivity contribution in [3.63, 3.8) is 0 Å². The molecule has 122 valence electrons. The maximum absolute atomic E-state index is 14.4. The van der Waals surface area contributed by atoms with Crippen LogP contribution in [0, 0.1) is 6.92 Å². The van der Waals surface area contributed by atoms with Crippen LogP contribution in [0.1, 0.15) is 37.1 Å². The number of rotatable bonds is 5. The smallest absolute Gasteiger partial charge is 0.310 e. The quantitative estimate of drug-likeness (QED) is 0.759. The van der Waals surface area contributed by atoms with Crippen LogP contribution < -0.4 is 0 Å². The molecule has 1 aliphatic carbocycles. The Hall–Kier alpha value is -1.88. The Morgan fingerprint density at radius 2 is 1.83 bits per heavy atom. The second-order valence-corrected chi connectivity index (χ2v) is 5.91. The molecular formula is C18H20F2N2O. The summed E-state index contributed by atoms with van der Waals surface area (Å²) in [5.74, 6) is -3.15. The first-order chi connectivity index (χ1) is 11.1. The zero-order chi connectivity index (χ0) is 16.3. The van der Waals surface area contributed by atoms with E-state index in [1.54, 1.807) is 25.1 Å². The number of allylic oxidation sites excluding steroid dienone is 1. The largest absolute Gasteiger partial charge is 0.374 e. The number of hydrogen-bond donors (Lipinski definition) is 0. The number of alkyl halides is 2. The SMILES string of the molecule is Cc1nc2ccccc2nc1C(F)(F)/C=C/COC1CCCC1. The average Bonchev–Trinajstić information content (AvgIpc) is 3.04. The number of ether oxygens (including phenoxy) is 1. The molecule has 0 unspecified atom stereocenters. The fourth-order valence-corrected chi connectivity index (χ4v) is 2.93. The maximum atomic E-state index is 14.4. The summed E-state index contributed by atoms with van der Waals surface area (Å²) in [7, 11) is 0. The van der Waals surface area contributed by atoms with Crippen LogP contribution in [0.25, 0.3) is 11.0 Å². The lowest BCUT2D eigenvalue weighted by Gasteiger charge is -2.14. The molecule has 0 amide bonds. The Balaban J connectivity index is 1.74. The fourth-order valence-electron chi connectivity index (χ4n) is 2.93. The zero-order valence-corrected chi connectivity index (χ0v) is 13.1. The van der Waals surface area contributed by atoms with Gasteiger partial charge in [-0.3, -0.25) is 0 Å². The third-order valence-corrected chi connectivity index (χ3v) is 4.12. The van der Waals surface area contributed by atoms with E-state index in [9.17, 15) is 8.78 Å². The van der Waals surface area contributed by atoms with Crippen LogP contribution in [0.15, 0.2) is 36.4 Å². The topological polar surface area (TPSA) is 35.0 Å². The molecule has 0 N–H and O–H groups in total. The maximum Gasteiger partial charge on any atom is 0.310 e. The highest BCUT2D eigenvalue weighted by molar-refractivity contribution is 5.74. The molecule has 1 heterocycles. The molecule has 1 fully saturated rings. The van der Waals surface area contributed by atoms with Crippen LogP contribution in [0.5, 0.6) is 0 Å². The van der Waals surface area contributed by atoms with Crippen molar-refractivity contribution in [2.75, 3.05) is 6.61 Å². The summed E-state index contributed by atoms with van der Waals surface area (Å²) in [5.41, 5.74) is 1.05. The van der Waals surface area contributed by atoms with Crippen molar-refractivity contribution in [1.82, 2.24) is 9.97 Å². The summed E-state index contributed by atoms with van der Waals surface area (Å²) in [6, 6.07) is 7.03. The van der Waals surface area contributed by atoms with Crippen LogP contribution >= 0.6 is 0 Å². The van der Waals surface area contributed by atoms with Crippen molar-refractivity contribution in [2.45, 2.75) is 44.6 Å². The molecule has 1 aromatic carbocycles. The molecule has 0 aliphatic heterocycles. The van der Waals surface area contributed by atoms with E-state index >= 15 is 0 Å². The molecule has 3 rings (SSSR count). The number of halogens is 2. The minimum Gasteiger partial charge on any atom is -0.374 e. The van der Waals surface area contributed by atoms with Gasteiger partial charge in [0.1, 0.15) is 5.69 Å². The van der Waals surface area contributed by atoms with Crippen LogP contribution in [0.2, 0.25) is 0 Å². The molecule has 5 heteroatoms. The minimum atomic E-state index is -3.15. The molecule has 1 aliphatic rings. The van der Waals surface area contributed by atoms with Gasteiger partial charge in [0.05, 0.1) is 29.4 Å². The predicted octanol–water partition coefficient (Wildman–Crippen LogP) is 4.55. The first-order valence-electron chi connectivity index (χ1n) is 7.97. The molecule has 1 aromatic heterocycles. The Morgan fingerprint density at radius 3 is 2.52 bits per heavy atom. The van der Waals surface area contributed by atoms with Gasteiger partial charge >= 0.3 is 5.92 Å². The molecule has 23 heavy (non-hydrogen) atoms. The standard InChI is InChI=1S/C18H20F2N2O/c1-13-17(22-16-10-5-4-9-15(16)21-13)18(19,20)11-6-12-23-14-7-2-3-8-14/h4-6,9-11,14H,2-3,7-8,12H2,1H3/b11-6+. The summed E-state index contributed by atoms with van der Waals surface area (Å²) in [6.07, 6.45) is 6.85. The molecular weight excluding hydrogens is 298 g/mol. The van der Waals surface area contributed by atoms with E-state index in [4.69, 9.17) is 4.74 Å². The molecule has 0 saturated heterocycles. The lowest BCUT2D eigenvalue weighted by molar-refractivity contribution is 0.0427. The van der Waals surface area contributed by atoms with E-state index in [2.05, 4.69) is 9.97 Å². The van der Waals surface area contributed by atoms with Crippen molar-refractivity contribution in [1.29, 1.82) is 0 Å². The number of para-hydroxylation sites is 2. The normalized spacial score (nSPS) is 16.7. The van der Waals surface area contributed by atoms with E-state index in [1.165, 1.54) is 6.08 Å². The Labute approximate surface area is 134 Å². The van der Waals surface area contributed by atoms with Crippen molar-refractivity contribution in [3.05, 3.63) is 47.8 Å². The lowest BCUT2D eigenvalue weighted by atomic mass is 10.1. The van der Waals surface area contributed by atoms with E-state index < -0.39 is 5.92 Å². The highest BCUT2D eigenvalue weighted by Gasteiger charge is 2.32. The predicted molar refractivity (Wildman–Crippen MR) is 85.5 cm³/mol. The van der Waals surface area contributed by atoms with Gasteiger partial charge in [0.2, 0.25) is 0 Å². The number of fused-ring (bicyclic) bond motifs is 1. The molecule has 1 saturated carbocycles. The van der Waals surface area contributed by atoms with Crippen molar-refractivity contribution < 1.29 is 13.5 Å². The van der Waals surface area contributed by atoms with Gasteiger partial charge in [-0.05, 0) is 38.0 Å². The van der Waals surface area contributed by atoms with E-state index in [-0.39, 0.29) is 24.1 Å². The van der Waals surface area contributed by atoms with Crippen molar-refractivity contribution in [2.24, 2.45) is 0 Å². The number of aromatic nitrogens is 2. The lowest BCUT2D eigenvalue weighted by Crippen LogP contribution is -2.16. The molecule has 0 spiro atoms. The first-order valence-corrected chi connectivity index (χ1v) is 7.97. The van der Waals surface area contributed by atoms with Gasteiger partial charge in [-0.25, -0.2) is 9.97 Å². The summed E-state index contributed by atoms with van der Waals surface area (Å²) < 4.78 is 34.4. The summed E-state index contributed by atoms with van der Waals surface area (Å²) in [6.45, 7) is 1.77. The van der Waals surface area contributed by atoms with Crippen LogP contribution in [0.4, 0.5) is 8.78 Å². The van der Waals surface area contributed by atoms with E-state index in [1.807, 2.05) is 6.07 Å². The van der Waals surface area contributed by atoms with Gasteiger partial charge < -0.3 is 4.74 Å². The van der Waals surface area contributed by atoms with Crippen molar-refractivity contribution in [3.8, 4) is 0 Å². The monoisotopic (exact) mass is 318 g/mol. The molecule has 0 radical (unpaired) electrons. The second-order valence-electron chi connectivity index (χ2n) is 5.91. The zero-order valence-electron chi connectivity index (χ0n) is 13.1. The molecule has 2 aromatic rings. The first kappa shape index (κ1) is 16.0. The average molecular weight is 318 g/mol. The summed E-state index contributed by atoms with van der Waals surface area (Å²) in [5, 5.41) is 0. The van der Waals surface area contributed by atoms with Crippen LogP contribution in [0.3, 0.4) is 0 Å². The molecule has 0 atom stereocenters. The second kappa shape index (κ2) is 6.71. The van der Waals surface area contributed by atoms with E-state index in [0.717, 1.165) is 31.8 Å². The highest BCUT2D eigenvalue weighted by Crippen LogP contribution is 2.31. The van der Waals surface area contributed by atoms with Gasteiger partial charge in [-0.2, -0.15) is 8.78 Å². The van der Waals surface area contributed by atoms with Crippen LogP contribution in [-0.2, 0) is 10.7 Å². The Bertz CT molecular complexity index is 709. The molecule has 0 bridgehead atoms. The number of hydrogen-bond acceptors (Lipinski definition) is 3. The van der Waals surface area contributed by atoms with E-state index in [0.29, 0.717) is 11.0 Å². The fraction of sp³-hybridized carbons (Fsp3) is 0.444. The minimum absolute atomic E-state index is 0.209. The third kappa shape index (κ3) is 3.72. The Morgan fingerprint density at radius 1 is 1.17 bits per heavy atom. The van der Waals surface area contributed by atoms with Gasteiger partial charge in [-0.15, -0.1) is 0 Å². The van der Waals surface area contributed by atoms with Gasteiger partial charge in [-0.1, -0.05) is 31.1 Å². The van der Waals surface area contributed by atoms with Gasteiger partial charge in [0.15, 0.2) is 0 Å². The Kier molecular flexibility index (Phi) is 4.66. The summed E-state index contributed by atoms with van der Waals surface area (Å²) in [4.78, 5) is 8.32. The summed E-state index contributed by atoms with van der Waals surface area (Å²) >= 11 is 0. The third-order valence-electron chi connectivity index (χ3n) is 4.12. The number of nitrogens with zero attached hydrogens (tertiary/aromatic N) is 2. The van der Waals surface area contributed by atoms with Crippen LogP contribution in [-0.4, -0.2) is 22.7 Å². The number of benzene rings is 1. The highest BCUT2D eigenvalue weighted by atomic mass is 19.3. The van der Waals surface area contributed by atoms with Gasteiger partial charge in [0.25, 0.3) is 0 Å².